The molecule has 0 fully saturated rings. The van der Waals surface area contributed by atoms with Crippen LogP contribution in [0.25, 0.3) is 11.3 Å². The van der Waals surface area contributed by atoms with Crippen LogP contribution in [0, 0.1) is 11.3 Å². The normalized spacial score (nSPS) is 10.0. The lowest BCUT2D eigenvalue weighted by molar-refractivity contribution is -0.136. The predicted octanol–water partition coefficient (Wildman–Crippen LogP) is 0.815. The number of aromatic nitrogens is 2. The average molecular weight is 299 g/mol. The first-order valence-electron chi connectivity index (χ1n) is 6.18. The average Bonchev–Trinajstić information content (AvgIpc) is 2.45. The van der Waals surface area contributed by atoms with E-state index in [1.165, 1.54) is 7.11 Å². The Labute approximate surface area is 126 Å². The number of carboxylic acid groups (broad SMARTS) is 1. The number of rotatable bonds is 4. The molecule has 0 radical (unpaired) electrons. The summed E-state index contributed by atoms with van der Waals surface area (Å²) >= 11 is 0. The highest BCUT2D eigenvalue weighted by Crippen LogP contribution is 2.33. The molecular weight excluding hydrogens is 286 g/mol. The van der Waals surface area contributed by atoms with Gasteiger partial charge in [-0.3, -0.25) is 4.79 Å². The van der Waals surface area contributed by atoms with Crippen LogP contribution in [0.2, 0.25) is 0 Å². The van der Waals surface area contributed by atoms with Crippen molar-refractivity contribution in [2.75, 3.05) is 18.6 Å². The maximum absolute atomic E-state index is 10.8. The third-order valence-corrected chi connectivity index (χ3v) is 2.94. The number of hydrogen-bond donors (Lipinski definition) is 3. The van der Waals surface area contributed by atoms with Crippen molar-refractivity contribution in [2.45, 2.75) is 6.42 Å². The molecule has 0 aliphatic rings. The Morgan fingerprint density at radius 2 is 2.14 bits per heavy atom. The summed E-state index contributed by atoms with van der Waals surface area (Å²) in [5, 5.41) is 18.1. The maximum Gasteiger partial charge on any atom is 0.307 e. The Kier molecular flexibility index (Phi) is 4.08. The molecule has 0 saturated heterocycles. The van der Waals surface area contributed by atoms with Crippen LogP contribution in [0.3, 0.4) is 0 Å². The number of carboxylic acids is 1. The quantitative estimate of drug-likeness (QED) is 0.751. The summed E-state index contributed by atoms with van der Waals surface area (Å²) in [6.07, 6.45) is -0.143. The number of nitrogen functional groups attached to an aromatic ring is 2. The van der Waals surface area contributed by atoms with Crippen molar-refractivity contribution >= 4 is 17.7 Å². The predicted molar refractivity (Wildman–Crippen MR) is 78.9 cm³/mol. The molecule has 0 aliphatic heterocycles. The maximum atomic E-state index is 10.8. The number of ether oxygens (including phenoxy) is 1. The van der Waals surface area contributed by atoms with Crippen molar-refractivity contribution in [1.82, 2.24) is 9.97 Å². The standard InChI is InChI=1S/C14H13N5O3/c1-22-10-4-7(5-11(20)21)2-3-8(10)12-9(6-15)13(16)19-14(17)18-12/h2-4H,5H2,1H3,(H,20,21)(H4,16,17,18,19). The van der Waals surface area contributed by atoms with Gasteiger partial charge in [-0.1, -0.05) is 6.07 Å². The largest absolute Gasteiger partial charge is 0.496 e. The summed E-state index contributed by atoms with van der Waals surface area (Å²) in [4.78, 5) is 18.6. The molecule has 1 aromatic heterocycles. The van der Waals surface area contributed by atoms with Gasteiger partial charge < -0.3 is 21.3 Å². The molecule has 0 amide bonds. The van der Waals surface area contributed by atoms with Crippen molar-refractivity contribution in [1.29, 1.82) is 5.26 Å². The molecule has 0 saturated carbocycles. The zero-order valence-electron chi connectivity index (χ0n) is 11.7. The van der Waals surface area contributed by atoms with E-state index in [0.29, 0.717) is 16.9 Å². The van der Waals surface area contributed by atoms with E-state index in [-0.39, 0.29) is 29.4 Å². The van der Waals surface area contributed by atoms with E-state index in [2.05, 4.69) is 9.97 Å². The summed E-state index contributed by atoms with van der Waals surface area (Å²) in [6, 6.07) is 6.72. The van der Waals surface area contributed by atoms with Gasteiger partial charge in [0.15, 0.2) is 0 Å². The first-order chi connectivity index (χ1) is 10.5. The van der Waals surface area contributed by atoms with Crippen LogP contribution in [-0.4, -0.2) is 28.2 Å². The second kappa shape index (κ2) is 5.97. The fourth-order valence-electron chi connectivity index (χ4n) is 2.02. The minimum absolute atomic E-state index is 0.0262. The smallest absolute Gasteiger partial charge is 0.307 e. The molecule has 1 aromatic carbocycles. The van der Waals surface area contributed by atoms with Gasteiger partial charge in [-0.2, -0.15) is 10.2 Å². The molecule has 0 spiro atoms. The van der Waals surface area contributed by atoms with Crippen LogP contribution in [0.4, 0.5) is 11.8 Å². The number of aliphatic carboxylic acids is 1. The van der Waals surface area contributed by atoms with Crippen LogP contribution < -0.4 is 16.2 Å². The number of benzene rings is 1. The summed E-state index contributed by atoms with van der Waals surface area (Å²) in [5.74, 6) is -0.680. The minimum atomic E-state index is -0.956. The summed E-state index contributed by atoms with van der Waals surface area (Å²) < 4.78 is 5.26. The van der Waals surface area contributed by atoms with E-state index in [9.17, 15) is 10.1 Å². The minimum Gasteiger partial charge on any atom is -0.496 e. The number of anilines is 2. The molecule has 8 nitrogen and oxygen atoms in total. The Hall–Kier alpha value is -3.34. The van der Waals surface area contributed by atoms with Gasteiger partial charge in [0, 0.05) is 5.56 Å². The topological polar surface area (TPSA) is 148 Å². The van der Waals surface area contributed by atoms with Crippen LogP contribution in [0.15, 0.2) is 18.2 Å². The molecule has 112 valence electrons. The molecule has 22 heavy (non-hydrogen) atoms. The highest BCUT2D eigenvalue weighted by molar-refractivity contribution is 5.78. The summed E-state index contributed by atoms with van der Waals surface area (Å²) in [7, 11) is 1.43. The zero-order chi connectivity index (χ0) is 16.3. The van der Waals surface area contributed by atoms with Gasteiger partial charge in [0.25, 0.3) is 0 Å². The first kappa shape index (κ1) is 15.1. The second-order valence-corrected chi connectivity index (χ2v) is 4.41. The highest BCUT2D eigenvalue weighted by atomic mass is 16.5. The Balaban J connectivity index is 2.63. The van der Waals surface area contributed by atoms with Gasteiger partial charge in [-0.05, 0) is 17.7 Å². The molecule has 0 atom stereocenters. The lowest BCUT2D eigenvalue weighted by Gasteiger charge is -2.12. The summed E-state index contributed by atoms with van der Waals surface area (Å²) in [5.41, 5.74) is 12.6. The van der Waals surface area contributed by atoms with Crippen LogP contribution in [0.1, 0.15) is 11.1 Å². The molecule has 8 heteroatoms. The van der Waals surface area contributed by atoms with Gasteiger partial charge in [0.1, 0.15) is 23.2 Å². The SMILES string of the molecule is COc1cc(CC(=O)O)ccc1-c1nc(N)nc(N)c1C#N. The van der Waals surface area contributed by atoms with Crippen LogP contribution in [-0.2, 0) is 11.2 Å². The zero-order valence-corrected chi connectivity index (χ0v) is 11.7. The fourth-order valence-corrected chi connectivity index (χ4v) is 2.02. The number of carbonyl (C=O) groups is 1. The highest BCUT2D eigenvalue weighted by Gasteiger charge is 2.17. The van der Waals surface area contributed by atoms with E-state index in [4.69, 9.17) is 21.3 Å². The number of methoxy groups -OCH3 is 1. The van der Waals surface area contributed by atoms with Gasteiger partial charge in [0.2, 0.25) is 5.95 Å². The van der Waals surface area contributed by atoms with Crippen molar-refractivity contribution in [3.05, 3.63) is 29.3 Å². The Morgan fingerprint density at radius 1 is 1.41 bits per heavy atom. The number of nitrogens with zero attached hydrogens (tertiary/aromatic N) is 3. The number of nitrogens with two attached hydrogens (primary N) is 2. The third-order valence-electron chi connectivity index (χ3n) is 2.94. The molecule has 0 aliphatic carbocycles. The van der Waals surface area contributed by atoms with Gasteiger partial charge in [-0.25, -0.2) is 4.98 Å². The van der Waals surface area contributed by atoms with Crippen LogP contribution in [0.5, 0.6) is 5.75 Å². The summed E-state index contributed by atoms with van der Waals surface area (Å²) in [6.45, 7) is 0. The van der Waals surface area contributed by atoms with Gasteiger partial charge in [-0.15, -0.1) is 0 Å². The van der Waals surface area contributed by atoms with Crippen molar-refractivity contribution in [3.8, 4) is 23.1 Å². The Morgan fingerprint density at radius 3 is 2.73 bits per heavy atom. The molecule has 2 rings (SSSR count). The number of hydrogen-bond acceptors (Lipinski definition) is 7. The lowest BCUT2D eigenvalue weighted by atomic mass is 10.0. The van der Waals surface area contributed by atoms with E-state index < -0.39 is 5.97 Å². The molecule has 0 bridgehead atoms. The van der Waals surface area contributed by atoms with Crippen molar-refractivity contribution in [3.63, 3.8) is 0 Å². The second-order valence-electron chi connectivity index (χ2n) is 4.41. The van der Waals surface area contributed by atoms with Crippen molar-refractivity contribution in [2.24, 2.45) is 0 Å². The van der Waals surface area contributed by atoms with E-state index in [1.807, 2.05) is 6.07 Å². The monoisotopic (exact) mass is 299 g/mol. The van der Waals surface area contributed by atoms with E-state index in [1.54, 1.807) is 18.2 Å². The van der Waals surface area contributed by atoms with E-state index in [0.717, 1.165) is 0 Å². The molecular formula is C14H13N5O3. The first-order valence-corrected chi connectivity index (χ1v) is 6.18. The van der Waals surface area contributed by atoms with E-state index >= 15 is 0 Å². The Bertz CT molecular complexity index is 783. The molecule has 1 heterocycles. The number of nitriles is 1. The fraction of sp³-hybridized carbons (Fsp3) is 0.143. The van der Waals surface area contributed by atoms with Crippen molar-refractivity contribution < 1.29 is 14.6 Å². The molecule has 5 N–H and O–H groups in total. The lowest BCUT2D eigenvalue weighted by Crippen LogP contribution is -2.06. The molecule has 2 aromatic rings. The van der Waals surface area contributed by atoms with Crippen LogP contribution >= 0.6 is 0 Å². The van der Waals surface area contributed by atoms with Gasteiger partial charge >= 0.3 is 5.97 Å². The molecule has 0 unspecified atom stereocenters. The van der Waals surface area contributed by atoms with Gasteiger partial charge in [0.05, 0.1) is 19.2 Å². The third kappa shape index (κ3) is 2.88.